The molecule has 0 bridgehead atoms. The summed E-state index contributed by atoms with van der Waals surface area (Å²) in [6.45, 7) is 4.38. The molecule has 3 rings (SSSR count). The summed E-state index contributed by atoms with van der Waals surface area (Å²) < 4.78 is 7.53. The lowest BCUT2D eigenvalue weighted by Crippen LogP contribution is -2.46. The van der Waals surface area contributed by atoms with E-state index in [1.165, 1.54) is 6.07 Å². The fourth-order valence-corrected chi connectivity index (χ4v) is 3.02. The Bertz CT molecular complexity index is 1060. The van der Waals surface area contributed by atoms with Gasteiger partial charge in [-0.05, 0) is 60.1 Å². The zero-order valence-corrected chi connectivity index (χ0v) is 16.8. The number of fused-ring (bicyclic) bond motifs is 1. The molecule has 0 aliphatic rings. The van der Waals surface area contributed by atoms with Gasteiger partial charge >= 0.3 is 0 Å². The van der Waals surface area contributed by atoms with Crippen molar-refractivity contribution in [1.29, 1.82) is 0 Å². The Labute approximate surface area is 168 Å². The number of nitrogens with one attached hydrogen (secondary N) is 3. The lowest BCUT2D eigenvalue weighted by atomic mass is 10.2. The van der Waals surface area contributed by atoms with Gasteiger partial charge in [0.1, 0.15) is 5.82 Å². The van der Waals surface area contributed by atoms with Crippen LogP contribution in [0.25, 0.3) is 11.0 Å². The van der Waals surface area contributed by atoms with E-state index in [4.69, 9.17) is 4.42 Å². The predicted octanol–water partition coefficient (Wildman–Crippen LogP) is 1.91. The molecule has 0 spiro atoms. The highest BCUT2D eigenvalue weighted by Gasteiger charge is 2.14. The van der Waals surface area contributed by atoms with Crippen LogP contribution in [-0.2, 0) is 11.3 Å². The number of hydrogen-bond donors (Lipinski definition) is 3. The summed E-state index contributed by atoms with van der Waals surface area (Å²) in [6, 6.07) is 8.17. The van der Waals surface area contributed by atoms with Crippen molar-refractivity contribution < 1.29 is 18.8 Å². The quantitative estimate of drug-likeness (QED) is 0.516. The smallest absolute Gasteiger partial charge is 0.287 e. The molecule has 3 aromatic rings. The highest BCUT2D eigenvalue weighted by molar-refractivity contribution is 9.10. The minimum absolute atomic E-state index is 0.0684. The van der Waals surface area contributed by atoms with Crippen LogP contribution in [0.15, 0.2) is 39.4 Å². The Kier molecular flexibility index (Phi) is 5.78. The monoisotopic (exact) mass is 447 g/mol. The van der Waals surface area contributed by atoms with Crippen molar-refractivity contribution >= 4 is 44.7 Å². The molecule has 0 aliphatic carbocycles. The Morgan fingerprint density at radius 1 is 1.14 bits per heavy atom. The van der Waals surface area contributed by atoms with Crippen molar-refractivity contribution in [2.75, 3.05) is 6.54 Å². The van der Waals surface area contributed by atoms with Crippen LogP contribution in [0.1, 0.15) is 33.7 Å². The van der Waals surface area contributed by atoms with Gasteiger partial charge in [-0.25, -0.2) is 4.98 Å². The molecule has 9 nitrogen and oxygen atoms in total. The Morgan fingerprint density at radius 3 is 2.61 bits per heavy atom. The maximum Gasteiger partial charge on any atom is 0.287 e. The molecule has 1 aromatic carbocycles. The third-order valence-corrected chi connectivity index (χ3v) is 4.47. The van der Waals surface area contributed by atoms with Gasteiger partial charge in [-0.1, -0.05) is 0 Å². The summed E-state index contributed by atoms with van der Waals surface area (Å²) in [5.41, 5.74) is 6.56. The van der Waals surface area contributed by atoms with Gasteiger partial charge in [-0.2, -0.15) is 0 Å². The van der Waals surface area contributed by atoms with E-state index in [0.717, 1.165) is 17.9 Å². The number of rotatable bonds is 5. The zero-order valence-electron chi connectivity index (χ0n) is 15.2. The van der Waals surface area contributed by atoms with E-state index in [1.807, 2.05) is 24.5 Å². The SMILES string of the molecule is CCn1c(C)nc2cc(C(=O)NNC(=O)CNC(=O)c3ccc(Br)o3)ccc21. The molecule has 0 saturated heterocycles. The van der Waals surface area contributed by atoms with Gasteiger partial charge in [0.05, 0.1) is 17.6 Å². The second kappa shape index (κ2) is 8.26. The van der Waals surface area contributed by atoms with Crippen LogP contribution >= 0.6 is 15.9 Å². The van der Waals surface area contributed by atoms with Crippen LogP contribution < -0.4 is 16.2 Å². The van der Waals surface area contributed by atoms with Crippen LogP contribution in [-0.4, -0.2) is 33.8 Å². The number of hydrazine groups is 1. The number of aryl methyl sites for hydroxylation is 2. The van der Waals surface area contributed by atoms with E-state index in [9.17, 15) is 14.4 Å². The first-order valence-electron chi connectivity index (χ1n) is 8.48. The summed E-state index contributed by atoms with van der Waals surface area (Å²) >= 11 is 3.09. The first-order valence-corrected chi connectivity index (χ1v) is 9.28. The number of amides is 3. The van der Waals surface area contributed by atoms with Gasteiger partial charge in [-0.3, -0.25) is 25.2 Å². The van der Waals surface area contributed by atoms with Crippen molar-refractivity contribution in [3.63, 3.8) is 0 Å². The first-order chi connectivity index (χ1) is 13.4. The number of imidazole rings is 1. The van der Waals surface area contributed by atoms with Gasteiger partial charge in [0.15, 0.2) is 10.4 Å². The standard InChI is InChI=1S/C18H18BrN5O4/c1-3-24-10(2)21-12-8-11(4-5-13(12)24)17(26)23-22-16(25)9-20-18(27)14-6-7-15(19)28-14/h4-8H,3,9H2,1-2H3,(H,20,27)(H,22,25)(H,23,26). The third-order valence-electron chi connectivity index (χ3n) is 4.04. The Morgan fingerprint density at radius 2 is 1.93 bits per heavy atom. The molecule has 0 atom stereocenters. The number of carbonyl (C=O) groups excluding carboxylic acids is 3. The topological polar surface area (TPSA) is 118 Å². The van der Waals surface area contributed by atoms with E-state index in [0.29, 0.717) is 15.7 Å². The molecule has 2 heterocycles. The molecule has 0 radical (unpaired) electrons. The molecule has 0 unspecified atom stereocenters. The van der Waals surface area contributed by atoms with E-state index < -0.39 is 17.7 Å². The van der Waals surface area contributed by atoms with Crippen molar-refractivity contribution in [2.24, 2.45) is 0 Å². The van der Waals surface area contributed by atoms with Crippen molar-refractivity contribution in [3.8, 4) is 0 Å². The number of hydrogen-bond acceptors (Lipinski definition) is 5. The molecule has 28 heavy (non-hydrogen) atoms. The number of aromatic nitrogens is 2. The normalized spacial score (nSPS) is 10.7. The highest BCUT2D eigenvalue weighted by Crippen LogP contribution is 2.17. The molecular weight excluding hydrogens is 430 g/mol. The van der Waals surface area contributed by atoms with Crippen molar-refractivity contribution in [2.45, 2.75) is 20.4 Å². The molecule has 3 N–H and O–H groups in total. The fourth-order valence-electron chi connectivity index (χ4n) is 2.72. The maximum atomic E-state index is 12.2. The molecule has 0 fully saturated rings. The van der Waals surface area contributed by atoms with Crippen LogP contribution in [0, 0.1) is 6.92 Å². The van der Waals surface area contributed by atoms with E-state index >= 15 is 0 Å². The minimum Gasteiger partial charge on any atom is -0.444 e. The van der Waals surface area contributed by atoms with Gasteiger partial charge in [-0.15, -0.1) is 0 Å². The molecule has 0 aliphatic heterocycles. The third kappa shape index (κ3) is 4.22. The van der Waals surface area contributed by atoms with E-state index in [2.05, 4.69) is 37.1 Å². The largest absolute Gasteiger partial charge is 0.444 e. The molecule has 2 aromatic heterocycles. The van der Waals surface area contributed by atoms with Gasteiger partial charge in [0.25, 0.3) is 17.7 Å². The number of carbonyl (C=O) groups is 3. The summed E-state index contributed by atoms with van der Waals surface area (Å²) in [6.07, 6.45) is 0. The average molecular weight is 448 g/mol. The predicted molar refractivity (Wildman–Crippen MR) is 104 cm³/mol. The lowest BCUT2D eigenvalue weighted by Gasteiger charge is -2.08. The average Bonchev–Trinajstić information content (AvgIpc) is 3.25. The first kappa shape index (κ1) is 19.6. The number of halogens is 1. The zero-order chi connectivity index (χ0) is 20.3. The fraction of sp³-hybridized carbons (Fsp3) is 0.222. The maximum absolute atomic E-state index is 12.2. The summed E-state index contributed by atoms with van der Waals surface area (Å²) in [7, 11) is 0. The summed E-state index contributed by atoms with van der Waals surface area (Å²) in [4.78, 5) is 40.3. The highest BCUT2D eigenvalue weighted by atomic mass is 79.9. The Balaban J connectivity index is 1.54. The van der Waals surface area contributed by atoms with Crippen LogP contribution in [0.4, 0.5) is 0 Å². The molecule has 10 heteroatoms. The van der Waals surface area contributed by atoms with Crippen molar-refractivity contribution in [1.82, 2.24) is 25.7 Å². The minimum atomic E-state index is -0.584. The number of benzene rings is 1. The number of furan rings is 1. The van der Waals surface area contributed by atoms with Gasteiger partial charge in [0, 0.05) is 12.1 Å². The van der Waals surface area contributed by atoms with Crippen molar-refractivity contribution in [3.05, 3.63) is 52.1 Å². The second-order valence-corrected chi connectivity index (χ2v) is 6.68. The van der Waals surface area contributed by atoms with E-state index in [1.54, 1.807) is 18.2 Å². The van der Waals surface area contributed by atoms with Crippen LogP contribution in [0.2, 0.25) is 0 Å². The summed E-state index contributed by atoms with van der Waals surface area (Å²) in [5, 5.41) is 2.39. The van der Waals surface area contributed by atoms with Crippen LogP contribution in [0.5, 0.6) is 0 Å². The molecular formula is C18H18BrN5O4. The lowest BCUT2D eigenvalue weighted by molar-refractivity contribution is -0.120. The molecule has 146 valence electrons. The van der Waals surface area contributed by atoms with Gasteiger partial charge in [0.2, 0.25) is 0 Å². The number of nitrogens with zero attached hydrogens (tertiary/aromatic N) is 2. The van der Waals surface area contributed by atoms with Crippen LogP contribution in [0.3, 0.4) is 0 Å². The summed E-state index contributed by atoms with van der Waals surface area (Å²) in [5.74, 6) is -0.680. The second-order valence-electron chi connectivity index (χ2n) is 5.90. The van der Waals surface area contributed by atoms with E-state index in [-0.39, 0.29) is 12.3 Å². The molecule has 3 amide bonds. The Hall–Kier alpha value is -3.14. The molecule has 0 saturated carbocycles. The van der Waals surface area contributed by atoms with Gasteiger partial charge < -0.3 is 14.3 Å².